The van der Waals surface area contributed by atoms with Crippen molar-refractivity contribution in [2.75, 3.05) is 19.6 Å². The van der Waals surface area contributed by atoms with Crippen molar-refractivity contribution in [3.8, 4) is 11.5 Å². The zero-order valence-corrected chi connectivity index (χ0v) is 14.8. The third-order valence-corrected chi connectivity index (χ3v) is 4.10. The van der Waals surface area contributed by atoms with Gasteiger partial charge in [-0.3, -0.25) is 30.2 Å². The number of aryl methyl sites for hydroxylation is 1. The van der Waals surface area contributed by atoms with Crippen molar-refractivity contribution in [3.63, 3.8) is 0 Å². The summed E-state index contributed by atoms with van der Waals surface area (Å²) in [5, 5.41) is 5.30. The lowest BCUT2D eigenvalue weighted by atomic mass is 10.1. The zero-order valence-electron chi connectivity index (χ0n) is 14.8. The van der Waals surface area contributed by atoms with Crippen LogP contribution in [0.15, 0.2) is 29.2 Å². The highest BCUT2D eigenvalue weighted by atomic mass is 16.2. The summed E-state index contributed by atoms with van der Waals surface area (Å²) in [5.41, 5.74) is 6.66. The molecule has 3 rings (SSSR count). The molecule has 0 aliphatic carbocycles. The lowest BCUT2D eigenvalue weighted by Gasteiger charge is -2.11. The Morgan fingerprint density at radius 2 is 2.00 bits per heavy atom. The quantitative estimate of drug-likeness (QED) is 0.411. The van der Waals surface area contributed by atoms with Gasteiger partial charge in [-0.05, 0) is 19.1 Å². The van der Waals surface area contributed by atoms with Crippen LogP contribution in [0.4, 0.5) is 0 Å². The van der Waals surface area contributed by atoms with Gasteiger partial charge < -0.3 is 15.6 Å². The average molecular weight is 371 g/mol. The van der Waals surface area contributed by atoms with Crippen LogP contribution in [0.5, 0.6) is 0 Å². The second-order valence-corrected chi connectivity index (χ2v) is 6.17. The van der Waals surface area contributed by atoms with Crippen LogP contribution in [-0.2, 0) is 16.0 Å². The molecule has 0 spiro atoms. The first-order valence-corrected chi connectivity index (χ1v) is 8.56. The number of nitrogens with one attached hydrogen (secondary N) is 5. The van der Waals surface area contributed by atoms with Gasteiger partial charge in [-0.25, -0.2) is 4.98 Å². The topological polar surface area (TPSA) is 141 Å². The monoisotopic (exact) mass is 371 g/mol. The van der Waals surface area contributed by atoms with Crippen LogP contribution in [-0.4, -0.2) is 52.4 Å². The first-order chi connectivity index (χ1) is 13.0. The molecule has 27 heavy (non-hydrogen) atoms. The van der Waals surface area contributed by atoms with Gasteiger partial charge in [0, 0.05) is 30.5 Å². The number of carbonyl (C=O) groups excluding carboxylic acids is 2. The number of aromatic amines is 1. The van der Waals surface area contributed by atoms with E-state index in [0.29, 0.717) is 30.3 Å². The molecule has 2 aromatic heterocycles. The molecule has 5 N–H and O–H groups in total. The summed E-state index contributed by atoms with van der Waals surface area (Å²) in [7, 11) is 0. The predicted octanol–water partition coefficient (Wildman–Crippen LogP) is -1.61. The van der Waals surface area contributed by atoms with Gasteiger partial charge in [-0.2, -0.15) is 0 Å². The summed E-state index contributed by atoms with van der Waals surface area (Å²) in [6.45, 7) is 2.77. The van der Waals surface area contributed by atoms with Gasteiger partial charge in [-0.1, -0.05) is 6.07 Å². The molecule has 2 aromatic rings. The average Bonchev–Trinajstić information content (AvgIpc) is 3.16. The molecule has 2 amide bonds. The minimum atomic E-state index is -0.422. The Hall–Kier alpha value is -3.11. The Kier molecular flexibility index (Phi) is 5.89. The number of amides is 2. The van der Waals surface area contributed by atoms with Gasteiger partial charge in [0.2, 0.25) is 11.8 Å². The highest BCUT2D eigenvalue weighted by Gasteiger charge is 2.18. The van der Waals surface area contributed by atoms with Crippen LogP contribution in [0.25, 0.3) is 11.5 Å². The molecule has 1 aliphatic heterocycles. The van der Waals surface area contributed by atoms with E-state index in [2.05, 4.69) is 36.4 Å². The molecule has 1 fully saturated rings. The number of pyridine rings is 1. The molecule has 10 nitrogen and oxygen atoms in total. The molecule has 3 heterocycles. The lowest BCUT2D eigenvalue weighted by Crippen LogP contribution is -2.44. The Bertz CT molecular complexity index is 876. The highest BCUT2D eigenvalue weighted by Crippen LogP contribution is 2.11. The van der Waals surface area contributed by atoms with Crippen LogP contribution >= 0.6 is 0 Å². The highest BCUT2D eigenvalue weighted by molar-refractivity contribution is 5.85. The van der Waals surface area contributed by atoms with E-state index in [1.54, 1.807) is 31.3 Å². The Morgan fingerprint density at radius 3 is 2.67 bits per heavy atom. The molecular formula is C17H21N7O3. The number of rotatable bonds is 6. The van der Waals surface area contributed by atoms with E-state index in [1.807, 2.05) is 0 Å². The van der Waals surface area contributed by atoms with Crippen LogP contribution < -0.4 is 27.0 Å². The summed E-state index contributed by atoms with van der Waals surface area (Å²) in [6, 6.07) is 5.28. The zero-order chi connectivity index (χ0) is 19.2. The van der Waals surface area contributed by atoms with Gasteiger partial charge in [0.1, 0.15) is 5.69 Å². The molecule has 0 aromatic carbocycles. The number of nitrogens with zero attached hydrogens (tertiary/aromatic N) is 2. The standard InChI is InChI=1S/C17H21N7O3/c1-10-12(17(27)24-16(22-10)13-4-2-3-5-18-13)6-14(25)19-9-15(26)23-11-7-20-21-8-11/h2-5,11,20-21H,6-9H2,1H3,(H,19,25)(H,23,26)(H,22,24,27). The molecule has 0 unspecified atom stereocenters. The van der Waals surface area contributed by atoms with Gasteiger partial charge in [0.15, 0.2) is 5.82 Å². The molecule has 0 saturated carbocycles. The van der Waals surface area contributed by atoms with Crippen LogP contribution in [0.1, 0.15) is 11.3 Å². The van der Waals surface area contributed by atoms with Crippen LogP contribution in [0, 0.1) is 6.92 Å². The number of H-pyrrole nitrogens is 1. The van der Waals surface area contributed by atoms with E-state index >= 15 is 0 Å². The van der Waals surface area contributed by atoms with E-state index in [0.717, 1.165) is 0 Å². The number of carbonyl (C=O) groups is 2. The van der Waals surface area contributed by atoms with Crippen molar-refractivity contribution >= 4 is 11.8 Å². The summed E-state index contributed by atoms with van der Waals surface area (Å²) in [6.07, 6.45) is 1.45. The molecule has 142 valence electrons. The Morgan fingerprint density at radius 1 is 1.22 bits per heavy atom. The Balaban J connectivity index is 1.59. The maximum atomic E-state index is 12.3. The third kappa shape index (κ3) is 4.96. The first kappa shape index (κ1) is 18.7. The molecule has 0 bridgehead atoms. The predicted molar refractivity (Wildman–Crippen MR) is 97.5 cm³/mol. The van der Waals surface area contributed by atoms with Gasteiger partial charge in [0.05, 0.1) is 19.0 Å². The minimum absolute atomic E-state index is 0.0113. The smallest absolute Gasteiger partial charge is 0.255 e. The molecule has 0 atom stereocenters. The van der Waals surface area contributed by atoms with E-state index < -0.39 is 11.5 Å². The number of hydrogen-bond donors (Lipinski definition) is 5. The summed E-state index contributed by atoms with van der Waals surface area (Å²) >= 11 is 0. The summed E-state index contributed by atoms with van der Waals surface area (Å²) < 4.78 is 0. The van der Waals surface area contributed by atoms with E-state index in [1.165, 1.54) is 0 Å². The lowest BCUT2D eigenvalue weighted by molar-refractivity contribution is -0.126. The number of hydrazine groups is 1. The van der Waals surface area contributed by atoms with E-state index in [-0.39, 0.29) is 30.5 Å². The molecule has 1 aliphatic rings. The largest absolute Gasteiger partial charge is 0.349 e. The fraction of sp³-hybridized carbons (Fsp3) is 0.353. The SMILES string of the molecule is Cc1nc(-c2ccccn2)[nH]c(=O)c1CC(=O)NCC(=O)NC1CNNC1. The number of hydrogen-bond acceptors (Lipinski definition) is 7. The van der Waals surface area contributed by atoms with Crippen molar-refractivity contribution in [1.82, 2.24) is 36.4 Å². The fourth-order valence-electron chi connectivity index (χ4n) is 2.69. The molecule has 1 saturated heterocycles. The third-order valence-electron chi connectivity index (χ3n) is 4.10. The van der Waals surface area contributed by atoms with Crippen molar-refractivity contribution in [1.29, 1.82) is 0 Å². The van der Waals surface area contributed by atoms with Gasteiger partial charge >= 0.3 is 0 Å². The summed E-state index contributed by atoms with van der Waals surface area (Å²) in [5.74, 6) is -0.359. The van der Waals surface area contributed by atoms with Gasteiger partial charge in [0.25, 0.3) is 5.56 Å². The van der Waals surface area contributed by atoms with E-state index in [9.17, 15) is 14.4 Å². The van der Waals surface area contributed by atoms with Crippen molar-refractivity contribution in [2.24, 2.45) is 0 Å². The normalized spacial score (nSPS) is 14.1. The van der Waals surface area contributed by atoms with Crippen LogP contribution in [0.3, 0.4) is 0 Å². The number of aromatic nitrogens is 3. The first-order valence-electron chi connectivity index (χ1n) is 8.56. The molecule has 0 radical (unpaired) electrons. The molecule has 10 heteroatoms. The maximum Gasteiger partial charge on any atom is 0.255 e. The minimum Gasteiger partial charge on any atom is -0.349 e. The fourth-order valence-corrected chi connectivity index (χ4v) is 2.69. The van der Waals surface area contributed by atoms with Crippen molar-refractivity contribution in [2.45, 2.75) is 19.4 Å². The molecular weight excluding hydrogens is 350 g/mol. The summed E-state index contributed by atoms with van der Waals surface area (Å²) in [4.78, 5) is 47.4. The maximum absolute atomic E-state index is 12.3. The second kappa shape index (κ2) is 8.52. The van der Waals surface area contributed by atoms with Crippen LogP contribution in [0.2, 0.25) is 0 Å². The Labute approximate surface area is 155 Å². The second-order valence-electron chi connectivity index (χ2n) is 6.17. The van der Waals surface area contributed by atoms with Crippen molar-refractivity contribution in [3.05, 3.63) is 46.0 Å². The van der Waals surface area contributed by atoms with Crippen molar-refractivity contribution < 1.29 is 9.59 Å². The van der Waals surface area contributed by atoms with E-state index in [4.69, 9.17) is 0 Å². The van der Waals surface area contributed by atoms with Gasteiger partial charge in [-0.15, -0.1) is 0 Å².